The molecule has 0 amide bonds. The first kappa shape index (κ1) is 14.0. The lowest BCUT2D eigenvalue weighted by atomic mass is 10.2. The average molecular weight is 325 g/mol. The Balaban J connectivity index is 2.21. The van der Waals surface area contributed by atoms with E-state index in [4.69, 9.17) is 4.74 Å². The normalized spacial score (nSPS) is 10.5. The monoisotopic (exact) mass is 324 g/mol. The molecule has 0 atom stereocenters. The van der Waals surface area contributed by atoms with E-state index in [0.717, 1.165) is 17.8 Å². The quantitative estimate of drug-likeness (QED) is 0.928. The molecule has 2 rings (SSSR count). The maximum Gasteiger partial charge on any atom is 0.219 e. The van der Waals surface area contributed by atoms with Gasteiger partial charge in [-0.25, -0.2) is 9.37 Å². The Morgan fingerprint density at radius 2 is 2.11 bits per heavy atom. The molecule has 0 aliphatic heterocycles. The third-order valence-corrected chi connectivity index (χ3v) is 3.05. The first-order valence-corrected chi connectivity index (χ1v) is 6.63. The van der Waals surface area contributed by atoms with Crippen molar-refractivity contribution in [3.8, 4) is 11.6 Å². The second-order valence-corrected chi connectivity index (χ2v) is 5.05. The summed E-state index contributed by atoms with van der Waals surface area (Å²) in [5.41, 5.74) is 2.00. The molecule has 0 fully saturated rings. The van der Waals surface area contributed by atoms with Crippen LogP contribution >= 0.6 is 15.9 Å². The third kappa shape index (κ3) is 3.75. The molecule has 19 heavy (non-hydrogen) atoms. The number of rotatable bonds is 4. The van der Waals surface area contributed by atoms with Crippen molar-refractivity contribution in [2.45, 2.75) is 13.5 Å². The van der Waals surface area contributed by atoms with Gasteiger partial charge in [-0.2, -0.15) is 0 Å². The molecule has 0 bridgehead atoms. The van der Waals surface area contributed by atoms with Gasteiger partial charge in [0.2, 0.25) is 5.88 Å². The highest BCUT2D eigenvalue weighted by Gasteiger charge is 2.05. The van der Waals surface area contributed by atoms with E-state index < -0.39 is 0 Å². The molecule has 5 heteroatoms. The van der Waals surface area contributed by atoms with Crippen molar-refractivity contribution in [2.75, 3.05) is 7.05 Å². The number of hydrogen-bond acceptors (Lipinski definition) is 3. The van der Waals surface area contributed by atoms with Gasteiger partial charge in [-0.15, -0.1) is 0 Å². The minimum atomic E-state index is -0.354. The molecule has 3 nitrogen and oxygen atoms in total. The van der Waals surface area contributed by atoms with Gasteiger partial charge in [-0.3, -0.25) is 0 Å². The van der Waals surface area contributed by atoms with E-state index in [1.54, 1.807) is 12.1 Å². The van der Waals surface area contributed by atoms with Crippen molar-refractivity contribution >= 4 is 15.9 Å². The van der Waals surface area contributed by atoms with Gasteiger partial charge in [0.1, 0.15) is 11.6 Å². The van der Waals surface area contributed by atoms with Crippen molar-refractivity contribution in [2.24, 2.45) is 0 Å². The highest BCUT2D eigenvalue weighted by atomic mass is 79.9. The molecule has 0 saturated heterocycles. The van der Waals surface area contributed by atoms with E-state index in [1.165, 1.54) is 12.1 Å². The fraction of sp³-hybridized carbons (Fsp3) is 0.214. The summed E-state index contributed by atoms with van der Waals surface area (Å²) in [6.07, 6.45) is 0. The van der Waals surface area contributed by atoms with Crippen LogP contribution in [0.1, 0.15) is 11.3 Å². The second kappa shape index (κ2) is 6.12. The Kier molecular flexibility index (Phi) is 4.50. The lowest BCUT2D eigenvalue weighted by Gasteiger charge is -2.09. The van der Waals surface area contributed by atoms with Crippen LogP contribution in [0.4, 0.5) is 4.39 Å². The van der Waals surface area contributed by atoms with Gasteiger partial charge in [0, 0.05) is 28.8 Å². The zero-order valence-corrected chi connectivity index (χ0v) is 12.3. The molecule has 2 aromatic rings. The Morgan fingerprint density at radius 1 is 1.32 bits per heavy atom. The van der Waals surface area contributed by atoms with Gasteiger partial charge in [-0.1, -0.05) is 22.0 Å². The second-order valence-electron chi connectivity index (χ2n) is 4.13. The van der Waals surface area contributed by atoms with E-state index in [-0.39, 0.29) is 5.82 Å². The molecular weight excluding hydrogens is 311 g/mol. The molecule has 0 aliphatic rings. The predicted molar refractivity (Wildman–Crippen MR) is 75.9 cm³/mol. The van der Waals surface area contributed by atoms with Gasteiger partial charge in [0.15, 0.2) is 0 Å². The predicted octanol–water partition coefficient (Wildman–Crippen LogP) is 3.80. The van der Waals surface area contributed by atoms with E-state index in [9.17, 15) is 4.39 Å². The molecule has 1 aromatic heterocycles. The molecule has 0 aliphatic carbocycles. The number of benzene rings is 1. The van der Waals surface area contributed by atoms with Crippen LogP contribution in [-0.4, -0.2) is 12.0 Å². The summed E-state index contributed by atoms with van der Waals surface area (Å²) in [7, 11) is 1.88. The summed E-state index contributed by atoms with van der Waals surface area (Å²) < 4.78 is 19.4. The van der Waals surface area contributed by atoms with Gasteiger partial charge in [-0.05, 0) is 31.7 Å². The van der Waals surface area contributed by atoms with Crippen LogP contribution in [-0.2, 0) is 6.54 Å². The molecule has 1 N–H and O–H groups in total. The van der Waals surface area contributed by atoms with Crippen LogP contribution in [0.5, 0.6) is 11.6 Å². The number of hydrogen-bond donors (Lipinski definition) is 1. The SMILES string of the molecule is CNCc1ccc(Oc2cc(F)cc(Br)c2)nc1C. The molecule has 1 aromatic carbocycles. The number of nitrogens with one attached hydrogen (secondary N) is 1. The summed E-state index contributed by atoms with van der Waals surface area (Å²) in [4.78, 5) is 4.35. The number of pyridine rings is 1. The summed E-state index contributed by atoms with van der Waals surface area (Å²) in [6.45, 7) is 2.67. The van der Waals surface area contributed by atoms with Crippen LogP contribution in [0.2, 0.25) is 0 Å². The number of halogens is 2. The van der Waals surface area contributed by atoms with Crippen molar-refractivity contribution in [3.05, 3.63) is 51.9 Å². The highest BCUT2D eigenvalue weighted by molar-refractivity contribution is 9.10. The van der Waals surface area contributed by atoms with Crippen LogP contribution in [0.25, 0.3) is 0 Å². The first-order chi connectivity index (χ1) is 9.08. The van der Waals surface area contributed by atoms with Crippen molar-refractivity contribution in [3.63, 3.8) is 0 Å². The molecule has 0 unspecified atom stereocenters. The van der Waals surface area contributed by atoms with Crippen LogP contribution < -0.4 is 10.1 Å². The van der Waals surface area contributed by atoms with Gasteiger partial charge < -0.3 is 10.1 Å². The number of nitrogens with zero attached hydrogens (tertiary/aromatic N) is 1. The average Bonchev–Trinajstić information content (AvgIpc) is 2.31. The zero-order valence-electron chi connectivity index (χ0n) is 10.7. The standard InChI is InChI=1S/C14H14BrFN2O/c1-9-10(8-17-2)3-4-14(18-9)19-13-6-11(15)5-12(16)7-13/h3-7,17H,8H2,1-2H3. The molecule has 0 spiro atoms. The lowest BCUT2D eigenvalue weighted by molar-refractivity contribution is 0.456. The zero-order chi connectivity index (χ0) is 13.8. The maximum absolute atomic E-state index is 13.2. The van der Waals surface area contributed by atoms with E-state index in [0.29, 0.717) is 16.1 Å². The molecule has 100 valence electrons. The largest absolute Gasteiger partial charge is 0.439 e. The minimum Gasteiger partial charge on any atom is -0.439 e. The summed E-state index contributed by atoms with van der Waals surface area (Å²) >= 11 is 3.22. The fourth-order valence-corrected chi connectivity index (χ4v) is 2.15. The molecule has 1 heterocycles. The minimum absolute atomic E-state index is 0.354. The van der Waals surface area contributed by atoms with Gasteiger partial charge >= 0.3 is 0 Å². The fourth-order valence-electron chi connectivity index (χ4n) is 1.71. The topological polar surface area (TPSA) is 34.1 Å². The maximum atomic E-state index is 13.2. The number of ether oxygens (including phenoxy) is 1. The summed E-state index contributed by atoms with van der Waals surface area (Å²) in [5, 5.41) is 3.07. The summed E-state index contributed by atoms with van der Waals surface area (Å²) in [5.74, 6) is 0.517. The van der Waals surface area contributed by atoms with Gasteiger partial charge in [0.05, 0.1) is 0 Å². The van der Waals surface area contributed by atoms with Crippen molar-refractivity contribution in [1.82, 2.24) is 10.3 Å². The molecule has 0 saturated carbocycles. The van der Waals surface area contributed by atoms with Crippen LogP contribution in [0.3, 0.4) is 0 Å². The smallest absolute Gasteiger partial charge is 0.219 e. The van der Waals surface area contributed by atoms with Gasteiger partial charge in [0.25, 0.3) is 0 Å². The van der Waals surface area contributed by atoms with E-state index in [2.05, 4.69) is 26.2 Å². The highest BCUT2D eigenvalue weighted by Crippen LogP contribution is 2.25. The number of aromatic nitrogens is 1. The Hall–Kier alpha value is -1.46. The first-order valence-electron chi connectivity index (χ1n) is 5.83. The van der Waals surface area contributed by atoms with Crippen LogP contribution in [0.15, 0.2) is 34.8 Å². The Labute approximate surface area is 119 Å². The summed E-state index contributed by atoms with van der Waals surface area (Å²) in [6, 6.07) is 8.12. The third-order valence-electron chi connectivity index (χ3n) is 2.60. The molecule has 0 radical (unpaired) electrons. The Bertz CT molecular complexity index is 569. The van der Waals surface area contributed by atoms with Crippen LogP contribution in [0, 0.1) is 12.7 Å². The Morgan fingerprint density at radius 3 is 2.74 bits per heavy atom. The van der Waals surface area contributed by atoms with E-state index >= 15 is 0 Å². The lowest BCUT2D eigenvalue weighted by Crippen LogP contribution is -2.07. The number of aryl methyl sites for hydroxylation is 1. The molecular formula is C14H14BrFN2O. The van der Waals surface area contributed by atoms with Crippen molar-refractivity contribution < 1.29 is 9.13 Å². The van der Waals surface area contributed by atoms with E-state index in [1.807, 2.05) is 20.0 Å². The van der Waals surface area contributed by atoms with Crippen molar-refractivity contribution in [1.29, 1.82) is 0 Å².